The molecular formula is C30H23NO5S. The van der Waals surface area contributed by atoms with Gasteiger partial charge in [0.2, 0.25) is 0 Å². The third kappa shape index (κ3) is 4.99. The summed E-state index contributed by atoms with van der Waals surface area (Å²) in [5.41, 5.74) is 2.96. The summed E-state index contributed by atoms with van der Waals surface area (Å²) >= 11 is 0.889. The predicted octanol–water partition coefficient (Wildman–Crippen LogP) is 6.61. The van der Waals surface area contributed by atoms with Crippen LogP contribution in [-0.4, -0.2) is 29.1 Å². The van der Waals surface area contributed by atoms with Gasteiger partial charge in [0.15, 0.2) is 11.5 Å². The highest BCUT2D eigenvalue weighted by Gasteiger charge is 2.35. The van der Waals surface area contributed by atoms with Crippen LogP contribution in [0.3, 0.4) is 0 Å². The molecule has 1 aliphatic rings. The molecule has 37 heavy (non-hydrogen) atoms. The Morgan fingerprint density at radius 1 is 0.919 bits per heavy atom. The summed E-state index contributed by atoms with van der Waals surface area (Å²) in [5.74, 6) is -0.291. The second kappa shape index (κ2) is 10.3. The van der Waals surface area contributed by atoms with Gasteiger partial charge in [0.25, 0.3) is 11.1 Å². The molecule has 0 unspecified atom stereocenters. The summed E-state index contributed by atoms with van der Waals surface area (Å²) < 4.78 is 11.1. The number of amides is 2. The van der Waals surface area contributed by atoms with Gasteiger partial charge in [0, 0.05) is 0 Å². The van der Waals surface area contributed by atoms with E-state index in [1.807, 2.05) is 61.5 Å². The Bertz CT molecular complexity index is 1570. The number of esters is 1. The Morgan fingerprint density at radius 2 is 1.68 bits per heavy atom. The van der Waals surface area contributed by atoms with Gasteiger partial charge in [-0.05, 0) is 70.4 Å². The Kier molecular flexibility index (Phi) is 6.79. The van der Waals surface area contributed by atoms with E-state index in [0.717, 1.165) is 33.7 Å². The number of hydrogen-bond acceptors (Lipinski definition) is 6. The molecule has 1 fully saturated rings. The van der Waals surface area contributed by atoms with E-state index in [2.05, 4.69) is 0 Å². The molecule has 1 saturated heterocycles. The first-order valence-corrected chi connectivity index (χ1v) is 12.4. The Hall–Kier alpha value is -4.36. The molecule has 0 aromatic heterocycles. The van der Waals surface area contributed by atoms with Gasteiger partial charge in [-0.3, -0.25) is 14.5 Å². The molecule has 0 saturated carbocycles. The van der Waals surface area contributed by atoms with Crippen LogP contribution in [0.4, 0.5) is 4.79 Å². The van der Waals surface area contributed by atoms with E-state index in [9.17, 15) is 14.4 Å². The SMILES string of the molecule is COc1ccc(/C=C2\SC(=O)N(Cc3ccccc3C)C2=O)cc1OC(=O)c1cccc2ccccc12. The lowest BCUT2D eigenvalue weighted by Crippen LogP contribution is -2.27. The molecule has 2 amide bonds. The highest BCUT2D eigenvalue weighted by molar-refractivity contribution is 8.18. The maximum atomic E-state index is 13.1. The Morgan fingerprint density at radius 3 is 2.49 bits per heavy atom. The predicted molar refractivity (Wildman–Crippen MR) is 145 cm³/mol. The fourth-order valence-corrected chi connectivity index (χ4v) is 5.00. The zero-order chi connectivity index (χ0) is 25.9. The van der Waals surface area contributed by atoms with Crippen LogP contribution in [-0.2, 0) is 11.3 Å². The van der Waals surface area contributed by atoms with E-state index in [4.69, 9.17) is 9.47 Å². The van der Waals surface area contributed by atoms with Gasteiger partial charge < -0.3 is 9.47 Å². The largest absolute Gasteiger partial charge is 0.493 e. The number of hydrogen-bond donors (Lipinski definition) is 0. The van der Waals surface area contributed by atoms with Gasteiger partial charge >= 0.3 is 5.97 Å². The first-order valence-electron chi connectivity index (χ1n) is 11.6. The maximum absolute atomic E-state index is 13.1. The number of thioether (sulfide) groups is 1. The number of benzene rings is 4. The molecule has 5 rings (SSSR count). The lowest BCUT2D eigenvalue weighted by atomic mass is 10.0. The molecular weight excluding hydrogens is 486 g/mol. The monoisotopic (exact) mass is 509 g/mol. The quantitative estimate of drug-likeness (QED) is 0.165. The molecule has 0 atom stereocenters. The van der Waals surface area contributed by atoms with Gasteiger partial charge in [0.1, 0.15) is 0 Å². The molecule has 0 aliphatic carbocycles. The minimum absolute atomic E-state index is 0.213. The van der Waals surface area contributed by atoms with Gasteiger partial charge in [-0.1, -0.05) is 66.7 Å². The number of carbonyl (C=O) groups is 3. The Labute approximate surface area is 218 Å². The molecule has 1 aliphatic heterocycles. The second-order valence-corrected chi connectivity index (χ2v) is 9.51. The van der Waals surface area contributed by atoms with Crippen molar-refractivity contribution in [3.8, 4) is 11.5 Å². The van der Waals surface area contributed by atoms with E-state index in [-0.39, 0.29) is 23.4 Å². The lowest BCUT2D eigenvalue weighted by Gasteiger charge is -2.14. The van der Waals surface area contributed by atoms with E-state index < -0.39 is 5.97 Å². The first-order chi connectivity index (χ1) is 17.9. The van der Waals surface area contributed by atoms with Crippen molar-refractivity contribution in [2.45, 2.75) is 13.5 Å². The minimum atomic E-state index is -0.522. The van der Waals surface area contributed by atoms with Crippen LogP contribution in [0.1, 0.15) is 27.0 Å². The molecule has 0 bridgehead atoms. The molecule has 1 heterocycles. The number of nitrogens with zero attached hydrogens (tertiary/aromatic N) is 1. The zero-order valence-corrected chi connectivity index (χ0v) is 21.1. The average Bonchev–Trinajstić information content (AvgIpc) is 3.17. The summed E-state index contributed by atoms with van der Waals surface area (Å²) in [5, 5.41) is 1.39. The van der Waals surface area contributed by atoms with E-state index in [1.165, 1.54) is 12.0 Å². The van der Waals surface area contributed by atoms with Crippen molar-refractivity contribution in [1.29, 1.82) is 0 Å². The van der Waals surface area contributed by atoms with Gasteiger partial charge in [-0.2, -0.15) is 0 Å². The van der Waals surface area contributed by atoms with Crippen molar-refractivity contribution < 1.29 is 23.9 Å². The van der Waals surface area contributed by atoms with Crippen LogP contribution >= 0.6 is 11.8 Å². The number of rotatable bonds is 6. The molecule has 4 aromatic rings. The molecule has 4 aromatic carbocycles. The standard InChI is InChI=1S/C30H23NO5S/c1-19-8-3-4-10-22(19)18-31-28(32)27(37-30(31)34)17-20-14-15-25(35-2)26(16-20)36-29(33)24-13-7-11-21-9-5-6-12-23(21)24/h3-17H,18H2,1-2H3/b27-17-. The van der Waals surface area contributed by atoms with Gasteiger partial charge in [0.05, 0.1) is 24.1 Å². The van der Waals surface area contributed by atoms with Crippen LogP contribution in [0, 0.1) is 6.92 Å². The van der Waals surface area contributed by atoms with Crippen LogP contribution < -0.4 is 9.47 Å². The second-order valence-electron chi connectivity index (χ2n) is 8.52. The Balaban J connectivity index is 1.40. The molecule has 0 spiro atoms. The number of methoxy groups -OCH3 is 1. The summed E-state index contributed by atoms with van der Waals surface area (Å²) in [4.78, 5) is 40.3. The smallest absolute Gasteiger partial charge is 0.344 e. The van der Waals surface area contributed by atoms with Crippen LogP contribution in [0.25, 0.3) is 16.8 Å². The number of ether oxygens (including phenoxy) is 2. The van der Waals surface area contributed by atoms with E-state index in [0.29, 0.717) is 21.8 Å². The molecule has 7 heteroatoms. The highest BCUT2D eigenvalue weighted by atomic mass is 32.2. The normalized spacial score (nSPS) is 14.4. The summed E-state index contributed by atoms with van der Waals surface area (Å²) in [6.07, 6.45) is 1.62. The van der Waals surface area contributed by atoms with Crippen LogP contribution in [0.2, 0.25) is 0 Å². The number of fused-ring (bicyclic) bond motifs is 1. The van der Waals surface area contributed by atoms with E-state index in [1.54, 1.807) is 36.4 Å². The number of carbonyl (C=O) groups excluding carboxylic acids is 3. The van der Waals surface area contributed by atoms with Crippen molar-refractivity contribution in [3.05, 3.63) is 112 Å². The highest BCUT2D eigenvalue weighted by Crippen LogP contribution is 2.36. The molecule has 184 valence electrons. The van der Waals surface area contributed by atoms with Crippen molar-refractivity contribution >= 4 is 45.7 Å². The fourth-order valence-electron chi connectivity index (χ4n) is 4.17. The zero-order valence-electron chi connectivity index (χ0n) is 20.3. The van der Waals surface area contributed by atoms with Crippen LogP contribution in [0.15, 0.2) is 89.8 Å². The van der Waals surface area contributed by atoms with Crippen molar-refractivity contribution in [2.24, 2.45) is 0 Å². The van der Waals surface area contributed by atoms with Gasteiger partial charge in [-0.15, -0.1) is 0 Å². The summed E-state index contributed by atoms with van der Waals surface area (Å²) in [6, 6.07) is 25.7. The number of imide groups is 1. The van der Waals surface area contributed by atoms with Crippen molar-refractivity contribution in [1.82, 2.24) is 4.90 Å². The molecule has 0 N–H and O–H groups in total. The number of aryl methyl sites for hydroxylation is 1. The lowest BCUT2D eigenvalue weighted by molar-refractivity contribution is -0.123. The maximum Gasteiger partial charge on any atom is 0.344 e. The van der Waals surface area contributed by atoms with E-state index >= 15 is 0 Å². The third-order valence-corrected chi connectivity index (χ3v) is 7.07. The minimum Gasteiger partial charge on any atom is -0.493 e. The molecule has 6 nitrogen and oxygen atoms in total. The average molecular weight is 510 g/mol. The summed E-state index contributed by atoms with van der Waals surface area (Å²) in [6.45, 7) is 2.16. The first kappa shape index (κ1) is 24.3. The van der Waals surface area contributed by atoms with Crippen molar-refractivity contribution in [2.75, 3.05) is 7.11 Å². The topological polar surface area (TPSA) is 72.9 Å². The van der Waals surface area contributed by atoms with Crippen LogP contribution in [0.5, 0.6) is 11.5 Å². The third-order valence-electron chi connectivity index (χ3n) is 6.16. The summed E-state index contributed by atoms with van der Waals surface area (Å²) in [7, 11) is 1.49. The fraction of sp³-hybridized carbons (Fsp3) is 0.100. The van der Waals surface area contributed by atoms with Gasteiger partial charge in [-0.25, -0.2) is 4.79 Å². The van der Waals surface area contributed by atoms with Crippen molar-refractivity contribution in [3.63, 3.8) is 0 Å². The molecule has 0 radical (unpaired) electrons.